The van der Waals surface area contributed by atoms with E-state index in [1.165, 1.54) is 48.5 Å². The Morgan fingerprint density at radius 2 is 1.02 bits per heavy atom. The average Bonchev–Trinajstić information content (AvgIpc) is 3.11. The minimum atomic E-state index is -0.719. The van der Waals surface area contributed by atoms with Crippen LogP contribution in [-0.2, 0) is 19.4 Å². The van der Waals surface area contributed by atoms with Gasteiger partial charge >= 0.3 is 0 Å². The highest BCUT2D eigenvalue weighted by atomic mass is 31.1. The van der Waals surface area contributed by atoms with Crippen LogP contribution in [0.4, 0.5) is 0 Å². The van der Waals surface area contributed by atoms with Crippen LogP contribution in [0.1, 0.15) is 50.3 Å². The van der Waals surface area contributed by atoms with Crippen molar-refractivity contribution < 1.29 is 5.11 Å². The first-order chi connectivity index (χ1) is 22.2. The standard InChI is InChI=1S/C40H38OP2.C2H6/c1-31-26-27-32-29-40(43(37-21-10-4-11-22-37)38-23-12-5-13-24-38)33(28-34(32)30-41)16-14-15-25-39(31)42(35-17-6-2-7-18-35)36-19-8-3-9-20-36;1-2/h2-13,15,17-25,28-29,41H,14,16,26-27,30H2,1H3;1-2H3/b25-15+,39-31-;. The molecule has 0 heterocycles. The van der Waals surface area contributed by atoms with Gasteiger partial charge in [0.15, 0.2) is 0 Å². The van der Waals surface area contributed by atoms with Crippen molar-refractivity contribution >= 4 is 42.4 Å². The third-order valence-corrected chi connectivity index (χ3v) is 13.3. The second-order valence-electron chi connectivity index (χ2n) is 11.0. The molecule has 0 saturated heterocycles. The molecule has 0 aromatic heterocycles. The van der Waals surface area contributed by atoms with Gasteiger partial charge in [0.1, 0.15) is 0 Å². The molecular formula is C42H44OP2. The van der Waals surface area contributed by atoms with Gasteiger partial charge in [-0.05, 0) is 103 Å². The monoisotopic (exact) mass is 626 g/mol. The summed E-state index contributed by atoms with van der Waals surface area (Å²) in [6, 6.07) is 48.7. The second kappa shape index (κ2) is 16.6. The molecule has 0 amide bonds. The summed E-state index contributed by atoms with van der Waals surface area (Å²) in [4.78, 5) is 0. The molecule has 45 heavy (non-hydrogen) atoms. The molecule has 0 fully saturated rings. The minimum Gasteiger partial charge on any atom is -0.392 e. The molecule has 0 unspecified atom stereocenters. The molecular weight excluding hydrogens is 582 g/mol. The van der Waals surface area contributed by atoms with E-state index in [1.54, 1.807) is 0 Å². The summed E-state index contributed by atoms with van der Waals surface area (Å²) >= 11 is 0. The van der Waals surface area contributed by atoms with E-state index in [0.29, 0.717) is 0 Å². The lowest BCUT2D eigenvalue weighted by molar-refractivity contribution is 0.280. The molecule has 3 heteroatoms. The van der Waals surface area contributed by atoms with Gasteiger partial charge in [-0.1, -0.05) is 159 Å². The number of rotatable bonds is 7. The predicted octanol–water partition coefficient (Wildman–Crippen LogP) is 8.81. The van der Waals surface area contributed by atoms with Crippen LogP contribution in [0.3, 0.4) is 0 Å². The van der Waals surface area contributed by atoms with Crippen LogP contribution >= 0.6 is 15.8 Å². The first-order valence-corrected chi connectivity index (χ1v) is 18.8. The molecule has 7 rings (SSSR count). The van der Waals surface area contributed by atoms with Crippen molar-refractivity contribution in [2.75, 3.05) is 0 Å². The smallest absolute Gasteiger partial charge is 0.0684 e. The van der Waals surface area contributed by atoms with Gasteiger partial charge in [0.2, 0.25) is 0 Å². The maximum Gasteiger partial charge on any atom is 0.0684 e. The van der Waals surface area contributed by atoms with E-state index in [-0.39, 0.29) is 6.61 Å². The highest BCUT2D eigenvalue weighted by Gasteiger charge is 2.23. The first kappa shape index (κ1) is 32.8. The average molecular weight is 627 g/mol. The van der Waals surface area contributed by atoms with E-state index >= 15 is 0 Å². The summed E-state index contributed by atoms with van der Waals surface area (Å²) in [5.41, 5.74) is 5.13. The van der Waals surface area contributed by atoms with Gasteiger partial charge in [0.25, 0.3) is 0 Å². The molecule has 0 atom stereocenters. The summed E-state index contributed by atoms with van der Waals surface area (Å²) in [5, 5.41) is 18.9. The van der Waals surface area contributed by atoms with Crippen LogP contribution in [0.25, 0.3) is 0 Å². The number of aliphatic hydroxyl groups is 1. The molecule has 2 aliphatic carbocycles. The van der Waals surface area contributed by atoms with Crippen molar-refractivity contribution in [3.63, 3.8) is 0 Å². The molecule has 0 aliphatic heterocycles. The summed E-state index contributed by atoms with van der Waals surface area (Å²) in [6.07, 6.45) is 8.58. The van der Waals surface area contributed by atoms with Crippen LogP contribution in [-0.4, -0.2) is 5.11 Å². The number of benzene rings is 5. The third kappa shape index (κ3) is 7.98. The number of hydrogen-bond donors (Lipinski definition) is 1. The van der Waals surface area contributed by atoms with Gasteiger partial charge in [-0.15, -0.1) is 0 Å². The van der Waals surface area contributed by atoms with Gasteiger partial charge in [-0.3, -0.25) is 0 Å². The molecule has 0 spiro atoms. The Morgan fingerprint density at radius 3 is 1.49 bits per heavy atom. The zero-order valence-electron chi connectivity index (χ0n) is 26.7. The Morgan fingerprint density at radius 1 is 0.556 bits per heavy atom. The van der Waals surface area contributed by atoms with Crippen molar-refractivity contribution in [1.29, 1.82) is 0 Å². The largest absolute Gasteiger partial charge is 0.392 e. The van der Waals surface area contributed by atoms with Crippen molar-refractivity contribution in [3.05, 3.63) is 173 Å². The Hall–Kier alpha value is -3.60. The van der Waals surface area contributed by atoms with Crippen LogP contribution in [0, 0.1) is 0 Å². The minimum absolute atomic E-state index is 0.0728. The highest BCUT2D eigenvalue weighted by molar-refractivity contribution is 7.80. The fraction of sp³-hybridized carbons (Fsp3) is 0.190. The highest BCUT2D eigenvalue weighted by Crippen LogP contribution is 2.46. The van der Waals surface area contributed by atoms with E-state index in [2.05, 4.69) is 153 Å². The summed E-state index contributed by atoms with van der Waals surface area (Å²) in [7, 11) is -1.39. The Bertz CT molecular complexity index is 1620. The van der Waals surface area contributed by atoms with Gasteiger partial charge in [0, 0.05) is 0 Å². The van der Waals surface area contributed by atoms with E-state index in [1.807, 2.05) is 13.8 Å². The molecule has 1 N–H and O–H groups in total. The zero-order chi connectivity index (χ0) is 31.4. The van der Waals surface area contributed by atoms with Crippen LogP contribution in [0.15, 0.2) is 156 Å². The van der Waals surface area contributed by atoms with Crippen molar-refractivity contribution in [2.45, 2.75) is 53.1 Å². The van der Waals surface area contributed by atoms with Gasteiger partial charge in [-0.25, -0.2) is 0 Å². The summed E-state index contributed by atoms with van der Waals surface area (Å²) in [5.74, 6) is 0. The maximum atomic E-state index is 10.5. The fourth-order valence-corrected chi connectivity index (χ4v) is 11.1. The van der Waals surface area contributed by atoms with E-state index in [9.17, 15) is 5.11 Å². The number of hydrogen-bond acceptors (Lipinski definition) is 1. The lowest BCUT2D eigenvalue weighted by Crippen LogP contribution is -2.24. The van der Waals surface area contributed by atoms with Crippen LogP contribution in [0.2, 0.25) is 0 Å². The normalized spacial score (nSPS) is 15.6. The van der Waals surface area contributed by atoms with Gasteiger partial charge in [0.05, 0.1) is 6.61 Å². The topological polar surface area (TPSA) is 20.2 Å². The van der Waals surface area contributed by atoms with E-state index in [4.69, 9.17) is 0 Å². The molecule has 0 radical (unpaired) electrons. The Labute approximate surface area is 272 Å². The summed E-state index contributed by atoms with van der Waals surface area (Å²) in [6.45, 7) is 6.39. The van der Waals surface area contributed by atoms with E-state index < -0.39 is 15.8 Å². The van der Waals surface area contributed by atoms with Gasteiger partial charge in [-0.2, -0.15) is 0 Å². The van der Waals surface area contributed by atoms with Gasteiger partial charge < -0.3 is 5.11 Å². The van der Waals surface area contributed by atoms with Crippen LogP contribution < -0.4 is 26.5 Å². The quantitative estimate of drug-likeness (QED) is 0.179. The third-order valence-electron chi connectivity index (χ3n) is 8.17. The number of aliphatic hydroxyl groups excluding tert-OH is 1. The second-order valence-corrected chi connectivity index (χ2v) is 15.4. The molecule has 0 saturated carbocycles. The zero-order valence-corrected chi connectivity index (χ0v) is 28.5. The molecule has 1 nitrogen and oxygen atoms in total. The predicted molar refractivity (Wildman–Crippen MR) is 200 cm³/mol. The number of fused-ring (bicyclic) bond motifs is 7. The maximum absolute atomic E-state index is 10.5. The molecule has 5 aromatic rings. The Balaban J connectivity index is 0.00000196. The van der Waals surface area contributed by atoms with Crippen molar-refractivity contribution in [1.82, 2.24) is 0 Å². The number of aryl methyl sites for hydroxylation is 2. The van der Waals surface area contributed by atoms with Crippen LogP contribution in [0.5, 0.6) is 0 Å². The fourth-order valence-electron chi connectivity index (χ4n) is 5.97. The molecule has 2 aliphatic rings. The lowest BCUT2D eigenvalue weighted by atomic mass is 9.96. The molecule has 5 aromatic carbocycles. The SMILES string of the molecule is C/C1=C(P(c2ccccc2)c2ccccc2)\C=C\CCc2cc(CO)c(cc2P(c2ccccc2)c2ccccc2)CC1.CC. The van der Waals surface area contributed by atoms with Crippen molar-refractivity contribution in [3.8, 4) is 0 Å². The first-order valence-electron chi connectivity index (χ1n) is 16.1. The van der Waals surface area contributed by atoms with E-state index in [0.717, 1.165) is 31.2 Å². The molecule has 2 bridgehead atoms. The summed E-state index contributed by atoms with van der Waals surface area (Å²) < 4.78 is 0. The van der Waals surface area contributed by atoms with Crippen molar-refractivity contribution in [2.24, 2.45) is 0 Å². The number of allylic oxidation sites excluding steroid dienone is 4. The molecule has 228 valence electrons. The lowest BCUT2D eigenvalue weighted by Gasteiger charge is -2.26. The Kier molecular flexibility index (Phi) is 12.1.